The molecule has 6 heteroatoms. The van der Waals surface area contributed by atoms with Crippen LogP contribution in [0, 0.1) is 0 Å². The molecule has 2 aliphatic rings. The van der Waals surface area contributed by atoms with Crippen LogP contribution < -0.4 is 15.1 Å². The Hall–Kier alpha value is -4.19. The Balaban J connectivity index is 1.42. The number of hydrogen-bond donors (Lipinski definition) is 1. The summed E-state index contributed by atoms with van der Waals surface area (Å²) < 4.78 is 0. The van der Waals surface area contributed by atoms with Crippen LogP contribution in [0.5, 0.6) is 0 Å². The number of rotatable bonds is 5. The number of nitrogens with one attached hydrogen (secondary N) is 1. The first-order valence-corrected chi connectivity index (χ1v) is 12.0. The Morgan fingerprint density at radius 2 is 1.69 bits per heavy atom. The highest BCUT2D eigenvalue weighted by molar-refractivity contribution is 6.39. The van der Waals surface area contributed by atoms with Gasteiger partial charge < -0.3 is 4.90 Å². The summed E-state index contributed by atoms with van der Waals surface area (Å²) in [5, 5.41) is 2.30. The fraction of sp³-hybridized carbons (Fsp3) is 0.207. The smallest absolute Gasteiger partial charge is 0.335 e. The Kier molecular flexibility index (Phi) is 6.19. The topological polar surface area (TPSA) is 69.7 Å². The maximum absolute atomic E-state index is 13.2. The predicted molar refractivity (Wildman–Crippen MR) is 137 cm³/mol. The van der Waals surface area contributed by atoms with Crippen LogP contribution in [-0.4, -0.2) is 24.4 Å². The molecule has 0 bridgehead atoms. The van der Waals surface area contributed by atoms with Crippen molar-refractivity contribution in [1.82, 2.24) is 5.32 Å². The monoisotopic (exact) mass is 465 g/mol. The quantitative estimate of drug-likeness (QED) is 0.431. The van der Waals surface area contributed by atoms with Crippen LogP contribution in [0.15, 0.2) is 78.4 Å². The minimum Gasteiger partial charge on any atom is -0.367 e. The van der Waals surface area contributed by atoms with Crippen LogP contribution >= 0.6 is 0 Å². The molecule has 0 unspecified atom stereocenters. The van der Waals surface area contributed by atoms with E-state index in [0.29, 0.717) is 5.69 Å². The molecule has 3 aromatic carbocycles. The molecule has 2 aliphatic heterocycles. The third-order valence-electron chi connectivity index (χ3n) is 6.55. The minimum atomic E-state index is -0.733. The first-order valence-electron chi connectivity index (χ1n) is 12.0. The zero-order chi connectivity index (χ0) is 24.4. The van der Waals surface area contributed by atoms with Gasteiger partial charge in [0.25, 0.3) is 11.8 Å². The number of carbonyl (C=O) groups excluding carboxylic acids is 3. The van der Waals surface area contributed by atoms with E-state index in [1.807, 2.05) is 49.4 Å². The number of anilines is 2. The van der Waals surface area contributed by atoms with Gasteiger partial charge >= 0.3 is 6.03 Å². The lowest BCUT2D eigenvalue weighted by molar-refractivity contribution is -0.122. The van der Waals surface area contributed by atoms with Gasteiger partial charge in [-0.05, 0) is 71.9 Å². The molecule has 35 heavy (non-hydrogen) atoms. The van der Waals surface area contributed by atoms with Crippen molar-refractivity contribution in [2.24, 2.45) is 0 Å². The lowest BCUT2D eigenvalue weighted by atomic mass is 9.97. The first-order chi connectivity index (χ1) is 17.0. The fourth-order valence-electron chi connectivity index (χ4n) is 4.69. The van der Waals surface area contributed by atoms with Gasteiger partial charge in [0.2, 0.25) is 0 Å². The number of amides is 4. The Labute approximate surface area is 204 Å². The third kappa shape index (κ3) is 4.60. The summed E-state index contributed by atoms with van der Waals surface area (Å²) in [7, 11) is 0. The average molecular weight is 466 g/mol. The van der Waals surface area contributed by atoms with Crippen molar-refractivity contribution in [2.45, 2.75) is 32.7 Å². The van der Waals surface area contributed by atoms with Crippen LogP contribution in [0.4, 0.5) is 16.2 Å². The molecule has 176 valence electrons. The zero-order valence-electron chi connectivity index (χ0n) is 19.7. The van der Waals surface area contributed by atoms with Crippen molar-refractivity contribution >= 4 is 35.3 Å². The summed E-state index contributed by atoms with van der Waals surface area (Å²) in [6.45, 7) is 3.85. The number of imide groups is 2. The van der Waals surface area contributed by atoms with E-state index >= 15 is 0 Å². The minimum absolute atomic E-state index is 0.0546. The zero-order valence-corrected chi connectivity index (χ0v) is 19.7. The third-order valence-corrected chi connectivity index (χ3v) is 6.55. The molecule has 2 heterocycles. The molecule has 0 atom stereocenters. The van der Waals surface area contributed by atoms with Gasteiger partial charge in [0, 0.05) is 18.8 Å². The second-order valence-corrected chi connectivity index (χ2v) is 8.88. The fourth-order valence-corrected chi connectivity index (χ4v) is 4.69. The number of nitrogens with zero attached hydrogens (tertiary/aromatic N) is 2. The van der Waals surface area contributed by atoms with E-state index < -0.39 is 17.8 Å². The molecule has 0 aliphatic carbocycles. The SMILES string of the molecule is CCc1ccc(N2C(=O)NC(=O)C(=Cc3ccc4c(c3)CCCN4Cc3ccccc3)C2=O)cc1. The number of hydrogen-bond acceptors (Lipinski definition) is 4. The van der Waals surface area contributed by atoms with Crippen LogP contribution in [0.25, 0.3) is 6.08 Å². The van der Waals surface area contributed by atoms with E-state index in [9.17, 15) is 14.4 Å². The predicted octanol–water partition coefficient (Wildman–Crippen LogP) is 4.87. The number of urea groups is 1. The van der Waals surface area contributed by atoms with Gasteiger partial charge in [-0.25, -0.2) is 9.69 Å². The van der Waals surface area contributed by atoms with Crippen molar-refractivity contribution in [1.29, 1.82) is 0 Å². The number of carbonyl (C=O) groups is 3. The van der Waals surface area contributed by atoms with E-state index in [4.69, 9.17) is 0 Å². The van der Waals surface area contributed by atoms with Gasteiger partial charge in [-0.3, -0.25) is 14.9 Å². The largest absolute Gasteiger partial charge is 0.367 e. The Bertz CT molecular complexity index is 1310. The lowest BCUT2D eigenvalue weighted by Gasteiger charge is -2.32. The lowest BCUT2D eigenvalue weighted by Crippen LogP contribution is -2.54. The van der Waals surface area contributed by atoms with Crippen molar-refractivity contribution < 1.29 is 14.4 Å². The van der Waals surface area contributed by atoms with Crippen molar-refractivity contribution in [3.63, 3.8) is 0 Å². The molecule has 5 rings (SSSR count). The molecule has 1 N–H and O–H groups in total. The molecule has 1 fully saturated rings. The molecular formula is C29H27N3O3. The number of aryl methyl sites for hydroxylation is 2. The van der Waals surface area contributed by atoms with Crippen LogP contribution in [-0.2, 0) is 29.0 Å². The van der Waals surface area contributed by atoms with Crippen molar-refractivity contribution in [3.8, 4) is 0 Å². The van der Waals surface area contributed by atoms with Crippen LogP contribution in [0.3, 0.4) is 0 Å². The van der Waals surface area contributed by atoms with Gasteiger partial charge in [-0.2, -0.15) is 0 Å². The summed E-state index contributed by atoms with van der Waals surface area (Å²) >= 11 is 0. The highest BCUT2D eigenvalue weighted by atomic mass is 16.2. The first kappa shape index (κ1) is 22.6. The molecule has 4 amide bonds. The summed E-state index contributed by atoms with van der Waals surface area (Å²) in [6, 6.07) is 22.9. The van der Waals surface area contributed by atoms with E-state index in [0.717, 1.165) is 48.4 Å². The van der Waals surface area contributed by atoms with E-state index in [1.165, 1.54) is 16.8 Å². The Morgan fingerprint density at radius 3 is 2.43 bits per heavy atom. The standard InChI is InChI=1S/C29H27N3O3/c1-2-20-10-13-24(14-11-20)32-28(34)25(27(33)30-29(32)35)18-22-12-15-26-23(17-22)9-6-16-31(26)19-21-7-4-3-5-8-21/h3-5,7-8,10-15,17-18H,2,6,9,16,19H2,1H3,(H,30,33,35). The molecular weight excluding hydrogens is 438 g/mol. The van der Waals surface area contributed by atoms with E-state index in [-0.39, 0.29) is 5.57 Å². The van der Waals surface area contributed by atoms with Gasteiger partial charge in [-0.1, -0.05) is 55.5 Å². The number of barbiturate groups is 1. The van der Waals surface area contributed by atoms with Crippen molar-refractivity contribution in [3.05, 3.63) is 101 Å². The average Bonchev–Trinajstić information content (AvgIpc) is 2.87. The summed E-state index contributed by atoms with van der Waals surface area (Å²) in [5.74, 6) is -1.30. The van der Waals surface area contributed by atoms with Crippen molar-refractivity contribution in [2.75, 3.05) is 16.3 Å². The number of fused-ring (bicyclic) bond motifs is 1. The summed E-state index contributed by atoms with van der Waals surface area (Å²) in [6.07, 6.45) is 4.40. The maximum atomic E-state index is 13.2. The molecule has 0 radical (unpaired) electrons. The molecule has 6 nitrogen and oxygen atoms in total. The summed E-state index contributed by atoms with van der Waals surface area (Å²) in [5.41, 5.74) is 5.86. The van der Waals surface area contributed by atoms with E-state index in [2.05, 4.69) is 28.4 Å². The second-order valence-electron chi connectivity index (χ2n) is 8.88. The maximum Gasteiger partial charge on any atom is 0.335 e. The summed E-state index contributed by atoms with van der Waals surface area (Å²) in [4.78, 5) is 41.7. The second kappa shape index (κ2) is 9.58. The Morgan fingerprint density at radius 1 is 0.914 bits per heavy atom. The van der Waals surface area contributed by atoms with Gasteiger partial charge in [-0.15, -0.1) is 0 Å². The van der Waals surface area contributed by atoms with E-state index in [1.54, 1.807) is 18.2 Å². The van der Waals surface area contributed by atoms with Gasteiger partial charge in [0.05, 0.1) is 5.69 Å². The molecule has 0 saturated carbocycles. The normalized spacial score (nSPS) is 16.9. The highest BCUT2D eigenvalue weighted by Gasteiger charge is 2.36. The number of benzene rings is 3. The van der Waals surface area contributed by atoms with Gasteiger partial charge in [0.1, 0.15) is 5.57 Å². The molecule has 1 saturated heterocycles. The molecule has 3 aromatic rings. The van der Waals surface area contributed by atoms with Gasteiger partial charge in [0.15, 0.2) is 0 Å². The van der Waals surface area contributed by atoms with Crippen LogP contribution in [0.1, 0.15) is 35.6 Å². The van der Waals surface area contributed by atoms with Crippen LogP contribution in [0.2, 0.25) is 0 Å². The molecule has 0 spiro atoms. The molecule has 0 aromatic heterocycles. The highest BCUT2D eigenvalue weighted by Crippen LogP contribution is 2.31.